The zero-order valence-corrected chi connectivity index (χ0v) is 16.8. The van der Waals surface area contributed by atoms with E-state index in [0.717, 1.165) is 22.4 Å². The molecule has 1 atom stereocenters. The molecule has 0 spiro atoms. The lowest BCUT2D eigenvalue weighted by molar-refractivity contribution is 0.159. The summed E-state index contributed by atoms with van der Waals surface area (Å²) in [5, 5.41) is 3.36. The van der Waals surface area contributed by atoms with Gasteiger partial charge in [0.15, 0.2) is 11.5 Å². The molecule has 0 N–H and O–H groups in total. The van der Waals surface area contributed by atoms with Crippen molar-refractivity contribution < 1.29 is 18.9 Å². The van der Waals surface area contributed by atoms with Crippen molar-refractivity contribution in [2.24, 2.45) is 5.18 Å². The average molecular weight is 383 g/mol. The van der Waals surface area contributed by atoms with Gasteiger partial charge in [0.1, 0.15) is 17.4 Å². The van der Waals surface area contributed by atoms with Crippen molar-refractivity contribution in [3.63, 3.8) is 0 Å². The van der Waals surface area contributed by atoms with Gasteiger partial charge < -0.3 is 18.9 Å². The molecule has 0 bridgehead atoms. The van der Waals surface area contributed by atoms with Crippen LogP contribution in [0.15, 0.2) is 41.6 Å². The Balaban J connectivity index is 1.90. The Labute approximate surface area is 165 Å². The number of benzene rings is 2. The highest BCUT2D eigenvalue weighted by molar-refractivity contribution is 5.62. The van der Waals surface area contributed by atoms with E-state index in [2.05, 4.69) is 5.18 Å². The van der Waals surface area contributed by atoms with E-state index >= 15 is 0 Å². The summed E-state index contributed by atoms with van der Waals surface area (Å²) in [4.78, 5) is 11.6. The Bertz CT molecular complexity index is 879. The van der Waals surface area contributed by atoms with E-state index in [4.69, 9.17) is 18.9 Å². The van der Waals surface area contributed by atoms with Crippen molar-refractivity contribution in [3.8, 4) is 23.0 Å². The van der Waals surface area contributed by atoms with Gasteiger partial charge in [-0.3, -0.25) is 0 Å². The first-order valence-electron chi connectivity index (χ1n) is 9.04. The van der Waals surface area contributed by atoms with Gasteiger partial charge in [-0.15, -0.1) is 0 Å². The molecule has 0 saturated carbocycles. The quantitative estimate of drug-likeness (QED) is 0.633. The molecule has 148 valence electrons. The van der Waals surface area contributed by atoms with Crippen LogP contribution in [-0.2, 0) is 6.42 Å². The van der Waals surface area contributed by atoms with Crippen molar-refractivity contribution in [2.75, 3.05) is 21.3 Å². The number of ether oxygens (including phenoxy) is 4. The summed E-state index contributed by atoms with van der Waals surface area (Å²) >= 11 is 0. The van der Waals surface area contributed by atoms with Crippen molar-refractivity contribution in [2.45, 2.75) is 31.9 Å². The third kappa shape index (κ3) is 3.96. The molecule has 1 heterocycles. The fraction of sp³-hybridized carbons (Fsp3) is 0.364. The lowest BCUT2D eigenvalue weighted by atomic mass is 9.95. The SMILES string of the molecule is COc1cc(CC(N=O)c2ccc3c(c2)C=CC(C)(C)O3)cc(OC)c1OC. The fourth-order valence-electron chi connectivity index (χ4n) is 3.30. The molecule has 28 heavy (non-hydrogen) atoms. The summed E-state index contributed by atoms with van der Waals surface area (Å²) in [7, 11) is 4.68. The minimum Gasteiger partial charge on any atom is -0.493 e. The molecular formula is C22H25NO5. The number of nitroso groups, excluding NO2 is 1. The highest BCUT2D eigenvalue weighted by atomic mass is 16.5. The zero-order chi connectivity index (χ0) is 20.3. The van der Waals surface area contributed by atoms with Crippen LogP contribution in [-0.4, -0.2) is 26.9 Å². The fourth-order valence-corrected chi connectivity index (χ4v) is 3.30. The lowest BCUT2D eigenvalue weighted by Gasteiger charge is -2.28. The van der Waals surface area contributed by atoms with E-state index in [1.54, 1.807) is 21.3 Å². The van der Waals surface area contributed by atoms with Gasteiger partial charge in [-0.2, -0.15) is 4.91 Å². The first kappa shape index (κ1) is 19.7. The molecule has 6 nitrogen and oxygen atoms in total. The predicted octanol–water partition coefficient (Wildman–Crippen LogP) is 4.95. The van der Waals surface area contributed by atoms with Crippen LogP contribution in [0.5, 0.6) is 23.0 Å². The molecule has 0 amide bonds. The highest BCUT2D eigenvalue weighted by Crippen LogP contribution is 2.40. The molecule has 6 heteroatoms. The van der Waals surface area contributed by atoms with E-state index in [-0.39, 0.29) is 5.60 Å². The van der Waals surface area contributed by atoms with Crippen molar-refractivity contribution in [3.05, 3.63) is 58.0 Å². The number of nitrogens with zero attached hydrogens (tertiary/aromatic N) is 1. The monoisotopic (exact) mass is 383 g/mol. The van der Waals surface area contributed by atoms with Crippen LogP contribution in [0.4, 0.5) is 0 Å². The van der Waals surface area contributed by atoms with Crippen molar-refractivity contribution in [1.82, 2.24) is 0 Å². The molecule has 0 fully saturated rings. The van der Waals surface area contributed by atoms with Crippen LogP contribution < -0.4 is 18.9 Å². The molecule has 3 rings (SSSR count). The second-order valence-corrected chi connectivity index (χ2v) is 7.20. The van der Waals surface area contributed by atoms with Gasteiger partial charge in [0.05, 0.1) is 21.3 Å². The maximum Gasteiger partial charge on any atom is 0.203 e. The van der Waals surface area contributed by atoms with Gasteiger partial charge in [0, 0.05) is 12.0 Å². The van der Waals surface area contributed by atoms with Crippen LogP contribution in [0.25, 0.3) is 6.08 Å². The molecule has 0 aliphatic carbocycles. The maximum absolute atomic E-state index is 11.6. The Morgan fingerprint density at radius 2 is 1.71 bits per heavy atom. The summed E-state index contributed by atoms with van der Waals surface area (Å²) in [6.45, 7) is 4.00. The summed E-state index contributed by atoms with van der Waals surface area (Å²) in [5.41, 5.74) is 2.29. The maximum atomic E-state index is 11.6. The minimum absolute atomic E-state index is 0.340. The van der Waals surface area contributed by atoms with Gasteiger partial charge in [-0.25, -0.2) is 0 Å². The number of fused-ring (bicyclic) bond motifs is 1. The molecule has 2 aromatic carbocycles. The van der Waals surface area contributed by atoms with E-state index in [1.165, 1.54) is 0 Å². The molecule has 2 aromatic rings. The first-order chi connectivity index (χ1) is 13.4. The number of methoxy groups -OCH3 is 3. The summed E-state index contributed by atoms with van der Waals surface area (Å²) in [5.74, 6) is 2.41. The zero-order valence-electron chi connectivity index (χ0n) is 16.8. The van der Waals surface area contributed by atoms with Gasteiger partial charge in [-0.1, -0.05) is 17.3 Å². The molecule has 1 unspecified atom stereocenters. The van der Waals surface area contributed by atoms with Crippen molar-refractivity contribution >= 4 is 6.08 Å². The van der Waals surface area contributed by atoms with Crippen LogP contribution in [0.3, 0.4) is 0 Å². The predicted molar refractivity (Wildman–Crippen MR) is 109 cm³/mol. The largest absolute Gasteiger partial charge is 0.493 e. The second-order valence-electron chi connectivity index (χ2n) is 7.20. The molecular weight excluding hydrogens is 358 g/mol. The highest BCUT2D eigenvalue weighted by Gasteiger charge is 2.23. The van der Waals surface area contributed by atoms with Gasteiger partial charge in [0.25, 0.3) is 0 Å². The summed E-state index contributed by atoms with van der Waals surface area (Å²) in [6, 6.07) is 8.86. The normalized spacial score (nSPS) is 15.2. The Morgan fingerprint density at radius 3 is 2.29 bits per heavy atom. The first-order valence-corrected chi connectivity index (χ1v) is 9.04. The number of rotatable bonds is 7. The summed E-state index contributed by atoms with van der Waals surface area (Å²) < 4.78 is 22.1. The van der Waals surface area contributed by atoms with E-state index in [0.29, 0.717) is 23.7 Å². The van der Waals surface area contributed by atoms with Crippen LogP contribution >= 0.6 is 0 Å². The molecule has 1 aliphatic heterocycles. The standard InChI is InChI=1S/C22H25NO5/c1-22(2)9-8-16-13-15(6-7-18(16)28-22)17(23-24)10-14-11-19(25-3)21(27-5)20(12-14)26-4/h6-9,11-13,17H,10H2,1-5H3. The van der Waals surface area contributed by atoms with E-state index in [1.807, 2.05) is 56.3 Å². The Hall–Kier alpha value is -3.02. The third-order valence-electron chi connectivity index (χ3n) is 4.74. The topological polar surface area (TPSA) is 66.4 Å². The smallest absolute Gasteiger partial charge is 0.203 e. The lowest BCUT2D eigenvalue weighted by Crippen LogP contribution is -2.27. The molecule has 0 saturated heterocycles. The molecule has 1 aliphatic rings. The number of hydrogen-bond acceptors (Lipinski definition) is 6. The molecule has 0 aromatic heterocycles. The van der Waals surface area contributed by atoms with E-state index in [9.17, 15) is 4.91 Å². The van der Waals surface area contributed by atoms with Gasteiger partial charge in [0.2, 0.25) is 5.75 Å². The number of hydrogen-bond donors (Lipinski definition) is 0. The third-order valence-corrected chi connectivity index (χ3v) is 4.74. The Morgan fingerprint density at radius 1 is 1.04 bits per heavy atom. The van der Waals surface area contributed by atoms with Gasteiger partial charge >= 0.3 is 0 Å². The molecule has 0 radical (unpaired) electrons. The van der Waals surface area contributed by atoms with Crippen molar-refractivity contribution in [1.29, 1.82) is 0 Å². The minimum atomic E-state index is -0.545. The second kappa shape index (κ2) is 7.92. The van der Waals surface area contributed by atoms with Crippen LogP contribution in [0.2, 0.25) is 0 Å². The Kier molecular flexibility index (Phi) is 5.58. The van der Waals surface area contributed by atoms with Gasteiger partial charge in [-0.05, 0) is 55.3 Å². The average Bonchev–Trinajstić information content (AvgIpc) is 2.70. The van der Waals surface area contributed by atoms with E-state index < -0.39 is 6.04 Å². The van der Waals surface area contributed by atoms with Crippen LogP contribution in [0, 0.1) is 4.91 Å². The summed E-state index contributed by atoms with van der Waals surface area (Å²) in [6.07, 6.45) is 4.43. The van der Waals surface area contributed by atoms with Crippen LogP contribution in [0.1, 0.15) is 36.6 Å².